The molecule has 8 nitrogen and oxygen atoms in total. The third kappa shape index (κ3) is 3.88. The summed E-state index contributed by atoms with van der Waals surface area (Å²) in [6.45, 7) is 0.105. The Hall–Kier alpha value is -1.95. The molecule has 4 saturated carbocycles. The van der Waals surface area contributed by atoms with Crippen LogP contribution in [-0.2, 0) is 9.59 Å². The predicted molar refractivity (Wildman–Crippen MR) is 120 cm³/mol. The Bertz CT molecular complexity index is 964. The summed E-state index contributed by atoms with van der Waals surface area (Å²) in [5.74, 6) is -1.20. The molecule has 0 spiro atoms. The van der Waals surface area contributed by atoms with Gasteiger partial charge >= 0.3 is 0 Å². The Labute approximate surface area is 193 Å². The van der Waals surface area contributed by atoms with Crippen molar-refractivity contribution in [3.63, 3.8) is 0 Å². The number of nitrogens with two attached hydrogens (primary N) is 1. The van der Waals surface area contributed by atoms with Gasteiger partial charge in [-0.1, -0.05) is 0 Å². The quantitative estimate of drug-likeness (QED) is 0.510. The van der Waals surface area contributed by atoms with Crippen molar-refractivity contribution < 1.29 is 27.5 Å². The second kappa shape index (κ2) is 8.07. The van der Waals surface area contributed by atoms with E-state index in [-0.39, 0.29) is 55.0 Å². The SMILES string of the molecule is NC(=O)C12CC3CC(C1)C(NC(=O)CN1CCCN(c4cc(F)ccc4F)S1(O)O)C(C3)C2. The molecule has 1 aromatic carbocycles. The molecule has 11 heteroatoms. The maximum Gasteiger partial charge on any atom is 0.236 e. The minimum absolute atomic E-state index is 0.0649. The van der Waals surface area contributed by atoms with Crippen LogP contribution in [0.2, 0.25) is 0 Å². The van der Waals surface area contributed by atoms with Crippen LogP contribution in [0.1, 0.15) is 38.5 Å². The summed E-state index contributed by atoms with van der Waals surface area (Å²) >= 11 is 0. The van der Waals surface area contributed by atoms with Crippen LogP contribution in [0.15, 0.2) is 18.2 Å². The normalized spacial score (nSPS) is 35.9. The molecular formula is C22H30F2N4O4S. The van der Waals surface area contributed by atoms with E-state index < -0.39 is 28.0 Å². The van der Waals surface area contributed by atoms with E-state index in [4.69, 9.17) is 5.73 Å². The zero-order valence-corrected chi connectivity index (χ0v) is 19.1. The van der Waals surface area contributed by atoms with Crippen LogP contribution in [0, 0.1) is 34.8 Å². The first kappa shape index (κ1) is 22.8. The van der Waals surface area contributed by atoms with Gasteiger partial charge in [-0.25, -0.2) is 8.78 Å². The van der Waals surface area contributed by atoms with E-state index in [1.165, 1.54) is 4.31 Å². The standard InChI is InChI=1S/C22H30F2N4O4S/c23-16-2-3-17(24)18(8-16)28-5-1-4-27(33(28,31)32)12-19(29)26-20-14-6-13-7-15(20)11-22(9-13,10-14)21(25)30/h2-3,8,13-15,20,31-32H,1,4-7,9-12H2,(H2,25,30)(H,26,29). The number of rotatable bonds is 5. The van der Waals surface area contributed by atoms with Crippen molar-refractivity contribution in [2.45, 2.75) is 44.6 Å². The average Bonchev–Trinajstić information content (AvgIpc) is 2.73. The molecule has 4 bridgehead atoms. The first-order chi connectivity index (χ1) is 15.6. The number of carbonyl (C=O) groups excluding carboxylic acids is 2. The summed E-state index contributed by atoms with van der Waals surface area (Å²) < 4.78 is 52.0. The number of primary amides is 1. The fourth-order valence-corrected chi connectivity index (χ4v) is 8.54. The molecule has 2 atom stereocenters. The summed E-state index contributed by atoms with van der Waals surface area (Å²) in [6, 6.07) is 2.77. The molecule has 5 fully saturated rings. The lowest BCUT2D eigenvalue weighted by Crippen LogP contribution is -2.62. The van der Waals surface area contributed by atoms with E-state index in [0.717, 1.165) is 41.8 Å². The Balaban J connectivity index is 1.27. The number of benzene rings is 1. The second-order valence-electron chi connectivity index (χ2n) is 10.1. The summed E-state index contributed by atoms with van der Waals surface area (Å²) in [6.07, 6.45) is 4.59. The fraction of sp³-hybridized carbons (Fsp3) is 0.636. The Morgan fingerprint density at radius 3 is 2.52 bits per heavy atom. The van der Waals surface area contributed by atoms with Crippen molar-refractivity contribution in [3.8, 4) is 0 Å². The van der Waals surface area contributed by atoms with Gasteiger partial charge < -0.3 is 11.1 Å². The van der Waals surface area contributed by atoms with E-state index >= 15 is 0 Å². The van der Waals surface area contributed by atoms with Crippen LogP contribution < -0.4 is 15.4 Å². The molecule has 33 heavy (non-hydrogen) atoms. The minimum atomic E-state index is -3.70. The molecule has 2 unspecified atom stereocenters. The van der Waals surface area contributed by atoms with Gasteiger partial charge in [0.2, 0.25) is 11.8 Å². The summed E-state index contributed by atoms with van der Waals surface area (Å²) in [4.78, 5) is 25.1. The number of amides is 2. The van der Waals surface area contributed by atoms with Crippen LogP contribution in [0.25, 0.3) is 0 Å². The highest BCUT2D eigenvalue weighted by Gasteiger charge is 2.58. The molecule has 4 aliphatic carbocycles. The molecule has 1 aliphatic heterocycles. The highest BCUT2D eigenvalue weighted by molar-refractivity contribution is 8.23. The molecule has 2 amide bonds. The van der Waals surface area contributed by atoms with Gasteiger partial charge in [-0.3, -0.25) is 23.0 Å². The van der Waals surface area contributed by atoms with Gasteiger partial charge in [0.05, 0.1) is 12.2 Å². The van der Waals surface area contributed by atoms with Gasteiger partial charge in [-0.15, -0.1) is 0 Å². The number of anilines is 1. The highest BCUT2D eigenvalue weighted by Crippen LogP contribution is 2.60. The van der Waals surface area contributed by atoms with Crippen molar-refractivity contribution >= 4 is 28.5 Å². The van der Waals surface area contributed by atoms with E-state index in [1.807, 2.05) is 0 Å². The second-order valence-corrected chi connectivity index (χ2v) is 12.0. The van der Waals surface area contributed by atoms with Gasteiger partial charge in [-0.2, -0.15) is 4.31 Å². The Morgan fingerprint density at radius 2 is 1.85 bits per heavy atom. The number of halogens is 2. The van der Waals surface area contributed by atoms with Crippen LogP contribution in [0.5, 0.6) is 0 Å². The van der Waals surface area contributed by atoms with Gasteiger partial charge in [-0.05, 0) is 79.4 Å². The van der Waals surface area contributed by atoms with Crippen LogP contribution in [-0.4, -0.2) is 50.9 Å². The number of nitrogens with zero attached hydrogens (tertiary/aromatic N) is 2. The molecular weight excluding hydrogens is 454 g/mol. The summed E-state index contributed by atoms with van der Waals surface area (Å²) in [7, 11) is -3.70. The Morgan fingerprint density at radius 1 is 1.15 bits per heavy atom. The van der Waals surface area contributed by atoms with E-state index in [9.17, 15) is 27.5 Å². The van der Waals surface area contributed by atoms with Crippen molar-refractivity contribution in [1.29, 1.82) is 0 Å². The summed E-state index contributed by atoms with van der Waals surface area (Å²) in [5.41, 5.74) is 5.05. The van der Waals surface area contributed by atoms with E-state index in [0.29, 0.717) is 25.2 Å². The molecule has 0 radical (unpaired) electrons. The molecule has 182 valence electrons. The molecule has 6 rings (SSSR count). The zero-order chi connectivity index (χ0) is 23.5. The van der Waals surface area contributed by atoms with Crippen LogP contribution >= 0.6 is 11.0 Å². The van der Waals surface area contributed by atoms with Gasteiger partial charge in [0.1, 0.15) is 11.6 Å². The third-order valence-electron chi connectivity index (χ3n) is 8.03. The molecule has 0 aromatic heterocycles. The van der Waals surface area contributed by atoms with E-state index in [1.54, 1.807) is 0 Å². The van der Waals surface area contributed by atoms with Crippen molar-refractivity contribution in [1.82, 2.24) is 9.62 Å². The van der Waals surface area contributed by atoms with E-state index in [2.05, 4.69) is 5.32 Å². The highest BCUT2D eigenvalue weighted by atomic mass is 32.3. The topological polar surface area (TPSA) is 119 Å². The number of nitrogens with one attached hydrogen (secondary N) is 1. The monoisotopic (exact) mass is 484 g/mol. The van der Waals surface area contributed by atoms with Crippen LogP contribution in [0.4, 0.5) is 14.5 Å². The largest absolute Gasteiger partial charge is 0.369 e. The summed E-state index contributed by atoms with van der Waals surface area (Å²) in [5, 5.41) is 3.08. The number of hydrogen-bond donors (Lipinski definition) is 4. The van der Waals surface area contributed by atoms with Crippen molar-refractivity contribution in [2.24, 2.45) is 28.9 Å². The van der Waals surface area contributed by atoms with Crippen LogP contribution in [0.3, 0.4) is 0 Å². The lowest BCUT2D eigenvalue weighted by molar-refractivity contribution is -0.147. The number of hydrogen-bond acceptors (Lipinski definition) is 6. The number of carbonyl (C=O) groups is 2. The molecule has 5 aliphatic rings. The zero-order valence-electron chi connectivity index (χ0n) is 18.3. The first-order valence-electron chi connectivity index (χ1n) is 11.4. The van der Waals surface area contributed by atoms with Crippen molar-refractivity contribution in [3.05, 3.63) is 29.8 Å². The maximum absolute atomic E-state index is 14.3. The van der Waals surface area contributed by atoms with Gasteiger partial charge in [0, 0.05) is 30.6 Å². The minimum Gasteiger partial charge on any atom is -0.369 e. The molecule has 1 aromatic rings. The Kier molecular flexibility index (Phi) is 5.58. The first-order valence-corrected chi connectivity index (χ1v) is 12.9. The average molecular weight is 485 g/mol. The fourth-order valence-electron chi connectivity index (χ4n) is 6.82. The van der Waals surface area contributed by atoms with Gasteiger partial charge in [0.25, 0.3) is 0 Å². The predicted octanol–water partition coefficient (Wildman–Crippen LogP) is 2.85. The molecule has 1 heterocycles. The molecule has 1 saturated heterocycles. The third-order valence-corrected chi connectivity index (χ3v) is 10.0. The maximum atomic E-state index is 14.3. The lowest BCUT2D eigenvalue weighted by atomic mass is 9.47. The van der Waals surface area contributed by atoms with Gasteiger partial charge in [0.15, 0.2) is 0 Å². The van der Waals surface area contributed by atoms with Crippen molar-refractivity contribution in [2.75, 3.05) is 23.9 Å². The smallest absolute Gasteiger partial charge is 0.236 e. The lowest BCUT2D eigenvalue weighted by Gasteiger charge is -2.59. The molecule has 5 N–H and O–H groups in total.